The first-order valence-corrected chi connectivity index (χ1v) is 12.2. The molecule has 0 saturated carbocycles. The van der Waals surface area contributed by atoms with Crippen LogP contribution in [0, 0.1) is 0 Å². The molecule has 2 amide bonds. The van der Waals surface area contributed by atoms with Crippen molar-refractivity contribution in [3.8, 4) is 0 Å². The maximum absolute atomic E-state index is 12.8. The summed E-state index contributed by atoms with van der Waals surface area (Å²) in [4.78, 5) is 41.1. The standard InChI is InChI=1S/C26H27N3O4S2/c1-18(15-19-7-5-4-6-8-19)16-22-24(31)29(26(34)35-22)17-23(30)27-21-11-9-20(10-12-21)25(32)33-14-13-28(2)3/h4-12,15-16H,13-14,17H2,1-3H3,(H,27,30). The van der Waals surface area contributed by atoms with Crippen molar-refractivity contribution in [1.29, 1.82) is 0 Å². The lowest BCUT2D eigenvalue weighted by Gasteiger charge is -2.14. The van der Waals surface area contributed by atoms with Gasteiger partial charge < -0.3 is 15.0 Å². The maximum atomic E-state index is 12.8. The molecule has 0 spiro atoms. The van der Waals surface area contributed by atoms with E-state index in [9.17, 15) is 14.4 Å². The Labute approximate surface area is 214 Å². The van der Waals surface area contributed by atoms with Crippen LogP contribution >= 0.6 is 24.0 Å². The maximum Gasteiger partial charge on any atom is 0.338 e. The molecule has 0 atom stereocenters. The van der Waals surface area contributed by atoms with E-state index in [1.54, 1.807) is 30.3 Å². The summed E-state index contributed by atoms with van der Waals surface area (Å²) in [6.45, 7) is 2.64. The molecule has 1 aliphatic heterocycles. The van der Waals surface area contributed by atoms with Gasteiger partial charge in [0.25, 0.3) is 5.91 Å². The van der Waals surface area contributed by atoms with Crippen LogP contribution in [-0.4, -0.2) is 65.7 Å². The van der Waals surface area contributed by atoms with Crippen molar-refractivity contribution < 1.29 is 19.1 Å². The van der Waals surface area contributed by atoms with Crippen molar-refractivity contribution in [2.75, 3.05) is 39.1 Å². The van der Waals surface area contributed by atoms with Gasteiger partial charge in [-0.25, -0.2) is 4.79 Å². The van der Waals surface area contributed by atoms with Crippen molar-refractivity contribution in [2.45, 2.75) is 6.92 Å². The number of esters is 1. The number of amides is 2. The van der Waals surface area contributed by atoms with E-state index in [0.29, 0.717) is 33.6 Å². The number of benzene rings is 2. The van der Waals surface area contributed by atoms with Gasteiger partial charge in [0.05, 0.1) is 10.5 Å². The zero-order valence-electron chi connectivity index (χ0n) is 19.8. The molecule has 1 saturated heterocycles. The molecule has 35 heavy (non-hydrogen) atoms. The number of carbonyl (C=O) groups is 3. The Morgan fingerprint density at radius 1 is 1.11 bits per heavy atom. The van der Waals surface area contributed by atoms with Gasteiger partial charge in [-0.2, -0.15) is 0 Å². The number of nitrogens with zero attached hydrogens (tertiary/aromatic N) is 2. The van der Waals surface area contributed by atoms with Crippen LogP contribution in [0.25, 0.3) is 6.08 Å². The highest BCUT2D eigenvalue weighted by Crippen LogP contribution is 2.32. The lowest BCUT2D eigenvalue weighted by Crippen LogP contribution is -2.36. The van der Waals surface area contributed by atoms with E-state index in [0.717, 1.165) is 11.1 Å². The van der Waals surface area contributed by atoms with Gasteiger partial charge in [0.1, 0.15) is 17.5 Å². The third kappa shape index (κ3) is 7.88. The van der Waals surface area contributed by atoms with Crippen molar-refractivity contribution >= 4 is 57.8 Å². The summed E-state index contributed by atoms with van der Waals surface area (Å²) in [7, 11) is 3.79. The van der Waals surface area contributed by atoms with Crippen molar-refractivity contribution in [3.63, 3.8) is 0 Å². The fourth-order valence-electron chi connectivity index (χ4n) is 3.13. The molecule has 9 heteroatoms. The zero-order chi connectivity index (χ0) is 25.4. The van der Waals surface area contributed by atoms with Gasteiger partial charge in [-0.15, -0.1) is 0 Å². The Hall–Kier alpha value is -3.27. The second-order valence-corrected chi connectivity index (χ2v) is 9.81. The van der Waals surface area contributed by atoms with E-state index < -0.39 is 5.97 Å². The first kappa shape index (κ1) is 26.3. The molecular formula is C26H27N3O4S2. The Morgan fingerprint density at radius 2 is 1.80 bits per heavy atom. The van der Waals surface area contributed by atoms with Gasteiger partial charge in [0.2, 0.25) is 5.91 Å². The number of ether oxygens (including phenoxy) is 1. The summed E-state index contributed by atoms with van der Waals surface area (Å²) in [5.41, 5.74) is 2.83. The lowest BCUT2D eigenvalue weighted by atomic mass is 10.1. The molecule has 1 heterocycles. The molecule has 0 aromatic heterocycles. The van der Waals surface area contributed by atoms with Crippen molar-refractivity contribution in [3.05, 3.63) is 82.3 Å². The normalized spacial score (nSPS) is 15.1. The quantitative estimate of drug-likeness (QED) is 0.308. The number of nitrogens with one attached hydrogen (secondary N) is 1. The largest absolute Gasteiger partial charge is 0.461 e. The number of allylic oxidation sites excluding steroid dienone is 2. The van der Waals surface area contributed by atoms with Crippen molar-refractivity contribution in [2.24, 2.45) is 0 Å². The topological polar surface area (TPSA) is 79.0 Å². The van der Waals surface area contributed by atoms with Crippen LogP contribution < -0.4 is 5.32 Å². The van der Waals surface area contributed by atoms with Gasteiger partial charge in [-0.05, 0) is 62.5 Å². The molecule has 0 aliphatic carbocycles. The fraction of sp³-hybridized carbons (Fsp3) is 0.231. The van der Waals surface area contributed by atoms with Gasteiger partial charge in [0.15, 0.2) is 0 Å². The number of rotatable bonds is 9. The Kier molecular flexibility index (Phi) is 9.36. The average Bonchev–Trinajstić information content (AvgIpc) is 3.07. The summed E-state index contributed by atoms with van der Waals surface area (Å²) < 4.78 is 5.54. The molecule has 7 nitrogen and oxygen atoms in total. The highest BCUT2D eigenvalue weighted by molar-refractivity contribution is 8.26. The van der Waals surface area contributed by atoms with Crippen LogP contribution in [-0.2, 0) is 14.3 Å². The van der Waals surface area contributed by atoms with E-state index in [1.165, 1.54) is 16.7 Å². The van der Waals surface area contributed by atoms with Gasteiger partial charge >= 0.3 is 5.97 Å². The van der Waals surface area contributed by atoms with Crippen LogP contribution in [0.1, 0.15) is 22.8 Å². The second kappa shape index (κ2) is 12.4. The number of anilines is 1. The minimum absolute atomic E-state index is 0.197. The SMILES string of the molecule is CC(=Cc1ccccc1)C=C1SC(=S)N(CC(=O)Nc2ccc(C(=O)OCCN(C)C)cc2)C1=O. The molecular weight excluding hydrogens is 482 g/mol. The minimum atomic E-state index is -0.425. The first-order valence-electron chi connectivity index (χ1n) is 10.9. The molecule has 0 unspecified atom stereocenters. The Balaban J connectivity index is 1.56. The second-order valence-electron chi connectivity index (χ2n) is 8.13. The first-order chi connectivity index (χ1) is 16.7. The van der Waals surface area contributed by atoms with Gasteiger partial charge in [0, 0.05) is 12.2 Å². The molecule has 3 rings (SSSR count). The highest BCUT2D eigenvalue weighted by Gasteiger charge is 2.33. The molecule has 182 valence electrons. The molecule has 0 radical (unpaired) electrons. The van der Waals surface area contributed by atoms with E-state index in [1.807, 2.05) is 62.3 Å². The summed E-state index contributed by atoms with van der Waals surface area (Å²) in [5.74, 6) is -1.11. The number of hydrogen-bond acceptors (Lipinski definition) is 7. The zero-order valence-corrected chi connectivity index (χ0v) is 21.4. The number of thioether (sulfide) groups is 1. The lowest BCUT2D eigenvalue weighted by molar-refractivity contribution is -0.126. The average molecular weight is 510 g/mol. The monoisotopic (exact) mass is 509 g/mol. The van der Waals surface area contributed by atoms with E-state index in [-0.39, 0.29) is 18.4 Å². The van der Waals surface area contributed by atoms with Crippen LogP contribution in [0.5, 0.6) is 0 Å². The highest BCUT2D eigenvalue weighted by atomic mass is 32.2. The molecule has 2 aromatic rings. The van der Waals surface area contributed by atoms with Gasteiger partial charge in [-0.3, -0.25) is 14.5 Å². The summed E-state index contributed by atoms with van der Waals surface area (Å²) in [6.07, 6.45) is 3.75. The van der Waals surface area contributed by atoms with Crippen LogP contribution in [0.3, 0.4) is 0 Å². The van der Waals surface area contributed by atoms with Crippen LogP contribution in [0.2, 0.25) is 0 Å². The number of hydrogen-bond donors (Lipinski definition) is 1. The summed E-state index contributed by atoms with van der Waals surface area (Å²) in [6, 6.07) is 16.2. The van der Waals surface area contributed by atoms with Crippen molar-refractivity contribution in [1.82, 2.24) is 9.80 Å². The smallest absolute Gasteiger partial charge is 0.338 e. The molecule has 2 aromatic carbocycles. The van der Waals surface area contributed by atoms with E-state index in [4.69, 9.17) is 17.0 Å². The molecule has 0 bridgehead atoms. The third-order valence-corrected chi connectivity index (χ3v) is 6.28. The van der Waals surface area contributed by atoms with Gasteiger partial charge in [-0.1, -0.05) is 60.4 Å². The molecule has 1 N–H and O–H groups in total. The molecule has 1 aliphatic rings. The number of carbonyl (C=O) groups excluding carboxylic acids is 3. The predicted octanol–water partition coefficient (Wildman–Crippen LogP) is 4.19. The fourth-order valence-corrected chi connectivity index (χ4v) is 4.44. The van der Waals surface area contributed by atoms with Crippen LogP contribution in [0.15, 0.2) is 71.2 Å². The number of thiocarbonyl (C=S) groups is 1. The Morgan fingerprint density at radius 3 is 2.46 bits per heavy atom. The number of likely N-dealkylation sites (N-methyl/N-ethyl adjacent to an activating group) is 1. The minimum Gasteiger partial charge on any atom is -0.461 e. The van der Waals surface area contributed by atoms with E-state index in [2.05, 4.69) is 5.32 Å². The molecule has 1 fully saturated rings. The third-order valence-electron chi connectivity index (χ3n) is 4.90. The Bertz CT molecular complexity index is 1160. The van der Waals surface area contributed by atoms with Crippen LogP contribution in [0.4, 0.5) is 5.69 Å². The van der Waals surface area contributed by atoms with E-state index >= 15 is 0 Å². The predicted molar refractivity (Wildman–Crippen MR) is 144 cm³/mol. The summed E-state index contributed by atoms with van der Waals surface area (Å²) >= 11 is 6.51. The summed E-state index contributed by atoms with van der Waals surface area (Å²) in [5, 5.41) is 2.73.